The second kappa shape index (κ2) is 8.22. The maximum atomic E-state index is 4.34. The van der Waals surface area contributed by atoms with Crippen LogP contribution in [0.2, 0.25) is 0 Å². The van der Waals surface area contributed by atoms with Crippen molar-refractivity contribution < 1.29 is 0 Å². The van der Waals surface area contributed by atoms with E-state index >= 15 is 0 Å². The van der Waals surface area contributed by atoms with Gasteiger partial charge in [0.1, 0.15) is 5.82 Å². The van der Waals surface area contributed by atoms with Crippen LogP contribution in [0, 0.1) is 0 Å². The molecule has 1 aliphatic rings. The summed E-state index contributed by atoms with van der Waals surface area (Å²) in [6.07, 6.45) is 10.1. The van der Waals surface area contributed by atoms with Crippen LogP contribution in [0.5, 0.6) is 0 Å². The fourth-order valence-electron chi connectivity index (χ4n) is 2.49. The molecular weight excluding hydrogens is 370 g/mol. The maximum Gasteiger partial charge on any atom is 0.140 e. The first kappa shape index (κ1) is 15.3. The number of halogens is 2. The van der Waals surface area contributed by atoms with Gasteiger partial charge in [-0.25, -0.2) is 4.98 Å². The van der Waals surface area contributed by atoms with Gasteiger partial charge in [-0.3, -0.25) is 0 Å². The molecule has 1 aliphatic carbocycles. The van der Waals surface area contributed by atoms with Crippen LogP contribution in [0.3, 0.4) is 0 Å². The minimum absolute atomic E-state index is 0.714. The van der Waals surface area contributed by atoms with Gasteiger partial charge in [0.05, 0.1) is 4.47 Å². The summed E-state index contributed by atoms with van der Waals surface area (Å²) < 4.78 is 1.98. The Labute approximate surface area is 132 Å². The normalized spacial score (nSPS) is 17.2. The summed E-state index contributed by atoms with van der Waals surface area (Å²) in [6.45, 7) is 1.90. The Hall–Kier alpha value is -0.130. The summed E-state index contributed by atoms with van der Waals surface area (Å²) in [4.78, 5) is 4.34. The fourth-order valence-corrected chi connectivity index (χ4v) is 3.61. The first-order valence-corrected chi connectivity index (χ1v) is 8.62. The number of nitrogens with one attached hydrogen (secondary N) is 2. The van der Waals surface area contributed by atoms with Gasteiger partial charge in [0.25, 0.3) is 0 Å². The number of anilines is 1. The molecule has 5 heteroatoms. The Morgan fingerprint density at radius 1 is 1.11 bits per heavy atom. The number of aromatic nitrogens is 1. The van der Waals surface area contributed by atoms with Crippen molar-refractivity contribution in [2.45, 2.75) is 44.6 Å². The summed E-state index contributed by atoms with van der Waals surface area (Å²) >= 11 is 6.92. The minimum Gasteiger partial charge on any atom is -0.368 e. The van der Waals surface area contributed by atoms with E-state index in [1.165, 1.54) is 38.5 Å². The van der Waals surface area contributed by atoms with Gasteiger partial charge in [-0.2, -0.15) is 0 Å². The molecule has 0 aromatic carbocycles. The van der Waals surface area contributed by atoms with Crippen molar-refractivity contribution in [1.29, 1.82) is 0 Å². The SMILES string of the molecule is Brc1cnc(NCCNC2CCCCCC2)c(Br)c1. The lowest BCUT2D eigenvalue weighted by molar-refractivity contribution is 0.468. The Morgan fingerprint density at radius 2 is 1.84 bits per heavy atom. The van der Waals surface area contributed by atoms with E-state index in [0.717, 1.165) is 27.9 Å². The summed E-state index contributed by atoms with van der Waals surface area (Å²) in [5.41, 5.74) is 0. The first-order chi connectivity index (χ1) is 9.25. The van der Waals surface area contributed by atoms with Crippen molar-refractivity contribution >= 4 is 37.7 Å². The highest BCUT2D eigenvalue weighted by Crippen LogP contribution is 2.23. The summed E-state index contributed by atoms with van der Waals surface area (Å²) in [5.74, 6) is 0.908. The lowest BCUT2D eigenvalue weighted by Gasteiger charge is -2.16. The monoisotopic (exact) mass is 389 g/mol. The lowest BCUT2D eigenvalue weighted by atomic mass is 10.1. The number of rotatable bonds is 5. The van der Waals surface area contributed by atoms with Gasteiger partial charge in [0.15, 0.2) is 0 Å². The Kier molecular flexibility index (Phi) is 6.61. The Balaban J connectivity index is 1.68. The molecule has 1 aromatic heterocycles. The molecule has 106 valence electrons. The van der Waals surface area contributed by atoms with Crippen LogP contribution < -0.4 is 10.6 Å². The van der Waals surface area contributed by atoms with Gasteiger partial charge in [-0.05, 0) is 50.8 Å². The zero-order valence-corrected chi connectivity index (χ0v) is 14.3. The molecule has 1 fully saturated rings. The summed E-state index contributed by atoms with van der Waals surface area (Å²) in [7, 11) is 0. The molecule has 1 saturated carbocycles. The van der Waals surface area contributed by atoms with E-state index in [1.54, 1.807) is 0 Å². The van der Waals surface area contributed by atoms with Crippen molar-refractivity contribution in [2.75, 3.05) is 18.4 Å². The molecule has 0 bridgehead atoms. The molecule has 19 heavy (non-hydrogen) atoms. The quantitative estimate of drug-likeness (QED) is 0.580. The first-order valence-electron chi connectivity index (χ1n) is 7.04. The molecule has 2 rings (SSSR count). The molecule has 0 amide bonds. The van der Waals surface area contributed by atoms with Crippen molar-refractivity contribution in [3.63, 3.8) is 0 Å². The molecule has 0 radical (unpaired) electrons. The van der Waals surface area contributed by atoms with E-state index in [9.17, 15) is 0 Å². The average molecular weight is 391 g/mol. The molecular formula is C14H21Br2N3. The van der Waals surface area contributed by atoms with Crippen LogP contribution >= 0.6 is 31.9 Å². The fraction of sp³-hybridized carbons (Fsp3) is 0.643. The van der Waals surface area contributed by atoms with Crippen LogP contribution in [-0.2, 0) is 0 Å². The largest absolute Gasteiger partial charge is 0.368 e. The predicted octanol–water partition coefficient (Wildman–Crippen LogP) is 4.33. The van der Waals surface area contributed by atoms with Crippen LogP contribution in [0.1, 0.15) is 38.5 Å². The number of hydrogen-bond acceptors (Lipinski definition) is 3. The van der Waals surface area contributed by atoms with Gasteiger partial charge >= 0.3 is 0 Å². The van der Waals surface area contributed by atoms with E-state index in [1.807, 2.05) is 12.3 Å². The summed E-state index contributed by atoms with van der Waals surface area (Å²) in [6, 6.07) is 2.72. The zero-order chi connectivity index (χ0) is 13.5. The van der Waals surface area contributed by atoms with Crippen molar-refractivity contribution in [2.24, 2.45) is 0 Å². The topological polar surface area (TPSA) is 37.0 Å². The maximum absolute atomic E-state index is 4.34. The van der Waals surface area contributed by atoms with Crippen LogP contribution in [0.4, 0.5) is 5.82 Å². The molecule has 1 aromatic rings. The van der Waals surface area contributed by atoms with Gasteiger partial charge in [0.2, 0.25) is 0 Å². The van der Waals surface area contributed by atoms with Crippen LogP contribution in [0.15, 0.2) is 21.2 Å². The molecule has 0 saturated heterocycles. The third-order valence-corrected chi connectivity index (χ3v) is 4.55. The number of pyridine rings is 1. The zero-order valence-electron chi connectivity index (χ0n) is 11.1. The third kappa shape index (κ3) is 5.40. The van der Waals surface area contributed by atoms with Gasteiger partial charge in [-0.1, -0.05) is 25.7 Å². The van der Waals surface area contributed by atoms with E-state index in [-0.39, 0.29) is 0 Å². The molecule has 2 N–H and O–H groups in total. The van der Waals surface area contributed by atoms with E-state index in [2.05, 4.69) is 47.5 Å². The van der Waals surface area contributed by atoms with Crippen molar-refractivity contribution in [3.05, 3.63) is 21.2 Å². The van der Waals surface area contributed by atoms with Crippen molar-refractivity contribution in [1.82, 2.24) is 10.3 Å². The second-order valence-electron chi connectivity index (χ2n) is 5.05. The predicted molar refractivity (Wildman–Crippen MR) is 87.6 cm³/mol. The standard InChI is InChI=1S/C14H21Br2N3/c15-11-9-13(16)14(19-10-11)18-8-7-17-12-5-3-1-2-4-6-12/h9-10,12,17H,1-8H2,(H,18,19). The molecule has 1 heterocycles. The second-order valence-corrected chi connectivity index (χ2v) is 6.82. The lowest BCUT2D eigenvalue weighted by Crippen LogP contribution is -2.32. The van der Waals surface area contributed by atoms with Gasteiger partial charge in [-0.15, -0.1) is 0 Å². The Morgan fingerprint density at radius 3 is 2.53 bits per heavy atom. The van der Waals surface area contributed by atoms with Crippen LogP contribution in [0.25, 0.3) is 0 Å². The highest BCUT2D eigenvalue weighted by molar-refractivity contribution is 9.11. The Bertz CT molecular complexity index is 390. The smallest absolute Gasteiger partial charge is 0.140 e. The highest BCUT2D eigenvalue weighted by Gasteiger charge is 2.10. The van der Waals surface area contributed by atoms with Gasteiger partial charge in [0, 0.05) is 29.8 Å². The third-order valence-electron chi connectivity index (χ3n) is 3.51. The summed E-state index contributed by atoms with van der Waals surface area (Å²) in [5, 5.41) is 7.00. The highest BCUT2D eigenvalue weighted by atomic mass is 79.9. The van der Waals surface area contributed by atoms with Gasteiger partial charge < -0.3 is 10.6 Å². The minimum atomic E-state index is 0.714. The van der Waals surface area contributed by atoms with E-state index < -0.39 is 0 Å². The molecule has 0 unspecified atom stereocenters. The molecule has 0 atom stereocenters. The van der Waals surface area contributed by atoms with Crippen LogP contribution in [-0.4, -0.2) is 24.1 Å². The van der Waals surface area contributed by atoms with Crippen molar-refractivity contribution in [3.8, 4) is 0 Å². The number of hydrogen-bond donors (Lipinski definition) is 2. The molecule has 3 nitrogen and oxygen atoms in total. The number of nitrogens with zero attached hydrogens (tertiary/aromatic N) is 1. The average Bonchev–Trinajstić information content (AvgIpc) is 2.65. The molecule has 0 aliphatic heterocycles. The van der Waals surface area contributed by atoms with E-state index in [0.29, 0.717) is 6.04 Å². The van der Waals surface area contributed by atoms with E-state index in [4.69, 9.17) is 0 Å². The molecule has 0 spiro atoms.